The zero-order valence-corrected chi connectivity index (χ0v) is 8.12. The predicted molar refractivity (Wildman–Crippen MR) is 49.0 cm³/mol. The third kappa shape index (κ3) is 2.46. The summed E-state index contributed by atoms with van der Waals surface area (Å²) in [5.74, 6) is 1.18. The molecule has 1 saturated heterocycles. The Hall–Kier alpha value is -0.0800. The minimum absolute atomic E-state index is 0.294. The first kappa shape index (κ1) is 10.0. The summed E-state index contributed by atoms with van der Waals surface area (Å²) in [5.41, 5.74) is 0. The van der Waals surface area contributed by atoms with E-state index in [0.29, 0.717) is 24.5 Å². The lowest BCUT2D eigenvalue weighted by molar-refractivity contribution is 0.0328. The largest absolute Gasteiger partial charge is 0.396 e. The molecule has 1 N–H and O–H groups in total. The summed E-state index contributed by atoms with van der Waals surface area (Å²) in [7, 11) is 0. The molecular formula is C10H20O2. The molecule has 0 radical (unpaired) electrons. The number of hydrogen-bond acceptors (Lipinski definition) is 2. The maximum absolute atomic E-state index is 8.89. The number of ether oxygens (including phenoxy) is 1. The first-order valence-electron chi connectivity index (χ1n) is 4.98. The van der Waals surface area contributed by atoms with Crippen molar-refractivity contribution in [2.24, 2.45) is 11.8 Å². The molecule has 1 aliphatic heterocycles. The van der Waals surface area contributed by atoms with Crippen molar-refractivity contribution < 1.29 is 9.84 Å². The minimum Gasteiger partial charge on any atom is -0.396 e. The highest BCUT2D eigenvalue weighted by molar-refractivity contribution is 4.76. The average Bonchev–Trinajstić information content (AvgIpc) is 2.51. The Bertz CT molecular complexity index is 117. The molecule has 1 fully saturated rings. The molecule has 1 heterocycles. The van der Waals surface area contributed by atoms with Gasteiger partial charge in [-0.3, -0.25) is 0 Å². The van der Waals surface area contributed by atoms with E-state index in [1.165, 1.54) is 12.8 Å². The van der Waals surface area contributed by atoms with Crippen molar-refractivity contribution in [2.75, 3.05) is 13.2 Å². The number of aliphatic hydroxyl groups excluding tert-OH is 1. The lowest BCUT2D eigenvalue weighted by Crippen LogP contribution is -2.25. The fraction of sp³-hybridized carbons (Fsp3) is 1.00. The molecule has 1 rings (SSSR count). The highest BCUT2D eigenvalue weighted by Crippen LogP contribution is 2.28. The van der Waals surface area contributed by atoms with Crippen LogP contribution in [0.2, 0.25) is 0 Å². The second kappa shape index (κ2) is 4.83. The molecule has 2 atom stereocenters. The van der Waals surface area contributed by atoms with Crippen LogP contribution in [0, 0.1) is 11.8 Å². The number of aliphatic hydroxyl groups is 1. The van der Waals surface area contributed by atoms with E-state index in [4.69, 9.17) is 9.84 Å². The molecule has 2 unspecified atom stereocenters. The van der Waals surface area contributed by atoms with Crippen LogP contribution in [0.25, 0.3) is 0 Å². The molecule has 0 aromatic carbocycles. The van der Waals surface area contributed by atoms with Gasteiger partial charge in [0, 0.05) is 13.2 Å². The van der Waals surface area contributed by atoms with Gasteiger partial charge in [0.2, 0.25) is 0 Å². The summed E-state index contributed by atoms with van der Waals surface area (Å²) in [4.78, 5) is 0. The molecular weight excluding hydrogens is 152 g/mol. The van der Waals surface area contributed by atoms with Gasteiger partial charge >= 0.3 is 0 Å². The maximum Gasteiger partial charge on any atom is 0.0607 e. The van der Waals surface area contributed by atoms with Crippen molar-refractivity contribution in [1.29, 1.82) is 0 Å². The molecule has 1 aliphatic rings. The Morgan fingerprint density at radius 2 is 2.25 bits per heavy atom. The summed E-state index contributed by atoms with van der Waals surface area (Å²) in [6, 6.07) is 0. The normalized spacial score (nSPS) is 26.5. The molecule has 2 nitrogen and oxygen atoms in total. The highest BCUT2D eigenvalue weighted by atomic mass is 16.5. The van der Waals surface area contributed by atoms with Crippen LogP contribution >= 0.6 is 0 Å². The van der Waals surface area contributed by atoms with Crippen LogP contribution in [0.1, 0.15) is 33.1 Å². The van der Waals surface area contributed by atoms with E-state index in [2.05, 4.69) is 13.8 Å². The summed E-state index contributed by atoms with van der Waals surface area (Å²) >= 11 is 0. The molecule has 0 amide bonds. The Morgan fingerprint density at radius 3 is 2.67 bits per heavy atom. The maximum atomic E-state index is 8.89. The fourth-order valence-electron chi connectivity index (χ4n) is 2.04. The Balaban J connectivity index is 2.40. The monoisotopic (exact) mass is 172 g/mol. The zero-order chi connectivity index (χ0) is 8.97. The molecule has 72 valence electrons. The van der Waals surface area contributed by atoms with Crippen LogP contribution in [0.4, 0.5) is 0 Å². The molecule has 0 aromatic rings. The summed E-state index contributed by atoms with van der Waals surface area (Å²) < 4.78 is 5.62. The van der Waals surface area contributed by atoms with Gasteiger partial charge in [0.05, 0.1) is 6.10 Å². The smallest absolute Gasteiger partial charge is 0.0607 e. The zero-order valence-electron chi connectivity index (χ0n) is 8.12. The van der Waals surface area contributed by atoms with Gasteiger partial charge in [0.25, 0.3) is 0 Å². The van der Waals surface area contributed by atoms with E-state index in [0.717, 1.165) is 13.0 Å². The van der Waals surface area contributed by atoms with E-state index in [1.54, 1.807) is 0 Å². The van der Waals surface area contributed by atoms with Gasteiger partial charge in [-0.05, 0) is 31.1 Å². The van der Waals surface area contributed by atoms with Crippen molar-refractivity contribution in [3.05, 3.63) is 0 Å². The third-order valence-electron chi connectivity index (χ3n) is 2.76. The van der Waals surface area contributed by atoms with Crippen LogP contribution in [0.5, 0.6) is 0 Å². The molecule has 0 aliphatic carbocycles. The van der Waals surface area contributed by atoms with Gasteiger partial charge in [-0.1, -0.05) is 13.8 Å². The van der Waals surface area contributed by atoms with Crippen molar-refractivity contribution in [1.82, 2.24) is 0 Å². The summed E-state index contributed by atoms with van der Waals surface area (Å²) in [6.45, 7) is 5.63. The van der Waals surface area contributed by atoms with E-state index in [1.807, 2.05) is 0 Å². The first-order valence-corrected chi connectivity index (χ1v) is 4.98. The molecule has 12 heavy (non-hydrogen) atoms. The topological polar surface area (TPSA) is 29.5 Å². The van der Waals surface area contributed by atoms with E-state index in [9.17, 15) is 0 Å². The van der Waals surface area contributed by atoms with Crippen LogP contribution < -0.4 is 0 Å². The van der Waals surface area contributed by atoms with Crippen LogP contribution in [-0.4, -0.2) is 24.4 Å². The first-order chi connectivity index (χ1) is 5.75. The Morgan fingerprint density at radius 1 is 1.50 bits per heavy atom. The van der Waals surface area contributed by atoms with Gasteiger partial charge in [-0.15, -0.1) is 0 Å². The lowest BCUT2D eigenvalue weighted by Gasteiger charge is -2.25. The molecule has 0 spiro atoms. The SMILES string of the molecule is CC(C)C(CCO)C1CCCO1. The Kier molecular flexibility index (Phi) is 4.02. The van der Waals surface area contributed by atoms with Crippen molar-refractivity contribution in [2.45, 2.75) is 39.2 Å². The van der Waals surface area contributed by atoms with Gasteiger partial charge in [0.1, 0.15) is 0 Å². The van der Waals surface area contributed by atoms with Crippen LogP contribution in [-0.2, 0) is 4.74 Å². The van der Waals surface area contributed by atoms with E-state index in [-0.39, 0.29) is 0 Å². The standard InChI is InChI=1S/C10H20O2/c1-8(2)9(5-6-11)10-4-3-7-12-10/h8-11H,3-7H2,1-2H3. The highest BCUT2D eigenvalue weighted by Gasteiger charge is 2.27. The third-order valence-corrected chi connectivity index (χ3v) is 2.76. The van der Waals surface area contributed by atoms with Gasteiger partial charge in [-0.2, -0.15) is 0 Å². The summed E-state index contributed by atoms with van der Waals surface area (Å²) in [6.07, 6.45) is 3.68. The van der Waals surface area contributed by atoms with Crippen molar-refractivity contribution in [3.63, 3.8) is 0 Å². The van der Waals surface area contributed by atoms with Gasteiger partial charge in [-0.25, -0.2) is 0 Å². The van der Waals surface area contributed by atoms with Crippen LogP contribution in [0.3, 0.4) is 0 Å². The van der Waals surface area contributed by atoms with Crippen molar-refractivity contribution >= 4 is 0 Å². The Labute approximate surface area is 74.9 Å². The predicted octanol–water partition coefficient (Wildman–Crippen LogP) is 1.82. The van der Waals surface area contributed by atoms with Gasteiger partial charge in [0.15, 0.2) is 0 Å². The van der Waals surface area contributed by atoms with E-state index < -0.39 is 0 Å². The quantitative estimate of drug-likeness (QED) is 0.701. The van der Waals surface area contributed by atoms with Crippen LogP contribution in [0.15, 0.2) is 0 Å². The summed E-state index contributed by atoms with van der Waals surface area (Å²) in [5, 5.41) is 8.89. The second-order valence-corrected chi connectivity index (χ2v) is 3.97. The number of rotatable bonds is 4. The molecule has 0 aromatic heterocycles. The molecule has 2 heteroatoms. The number of hydrogen-bond donors (Lipinski definition) is 1. The average molecular weight is 172 g/mol. The second-order valence-electron chi connectivity index (χ2n) is 3.97. The van der Waals surface area contributed by atoms with Gasteiger partial charge < -0.3 is 9.84 Å². The lowest BCUT2D eigenvalue weighted by atomic mass is 9.86. The fourth-order valence-corrected chi connectivity index (χ4v) is 2.04. The minimum atomic E-state index is 0.294. The van der Waals surface area contributed by atoms with E-state index >= 15 is 0 Å². The molecule has 0 saturated carbocycles. The van der Waals surface area contributed by atoms with Crippen molar-refractivity contribution in [3.8, 4) is 0 Å². The molecule has 0 bridgehead atoms.